The number of aliphatic hydroxyl groups excluding tert-OH is 1. The van der Waals surface area contributed by atoms with Crippen molar-refractivity contribution in [1.29, 1.82) is 0 Å². The maximum atomic E-state index is 13.2. The number of aliphatic hydroxyl groups is 1. The van der Waals surface area contributed by atoms with Crippen molar-refractivity contribution in [1.82, 2.24) is 4.90 Å². The van der Waals surface area contributed by atoms with E-state index in [1.807, 2.05) is 20.8 Å². The van der Waals surface area contributed by atoms with Crippen LogP contribution in [-0.4, -0.2) is 41.3 Å². The molecule has 1 aromatic carbocycles. The number of β-amino-alcohol motifs (C(OH)–C–C–N with tert-alkyl or cyclic N) is 1. The van der Waals surface area contributed by atoms with Crippen molar-refractivity contribution in [3.05, 3.63) is 35.4 Å². The molecule has 20 heavy (non-hydrogen) atoms. The van der Waals surface area contributed by atoms with E-state index in [1.165, 1.54) is 6.07 Å². The normalized spacial score (nSPS) is 24.6. The van der Waals surface area contributed by atoms with E-state index in [0.29, 0.717) is 25.2 Å². The molecule has 2 atom stereocenters. The summed E-state index contributed by atoms with van der Waals surface area (Å²) in [5.74, 6) is -1.83. The van der Waals surface area contributed by atoms with Gasteiger partial charge in [0.2, 0.25) is 0 Å². The Morgan fingerprint density at radius 2 is 2.10 bits per heavy atom. The molecule has 1 fully saturated rings. The summed E-state index contributed by atoms with van der Waals surface area (Å²) in [5, 5.41) is 10.2. The lowest BCUT2D eigenvalue weighted by Gasteiger charge is -2.42. The third kappa shape index (κ3) is 3.75. The van der Waals surface area contributed by atoms with Gasteiger partial charge in [-0.25, -0.2) is 8.78 Å². The molecule has 112 valence electrons. The number of morpholine rings is 1. The van der Waals surface area contributed by atoms with E-state index in [1.54, 1.807) is 0 Å². The SMILES string of the molecule is CC1CN(CC(O)c2ccc(F)c(F)c2)CC(C)(C)O1. The molecule has 1 heterocycles. The summed E-state index contributed by atoms with van der Waals surface area (Å²) in [4.78, 5) is 2.08. The molecule has 0 spiro atoms. The van der Waals surface area contributed by atoms with Crippen molar-refractivity contribution in [2.75, 3.05) is 19.6 Å². The third-order valence-corrected chi connectivity index (χ3v) is 3.40. The van der Waals surface area contributed by atoms with Crippen molar-refractivity contribution in [2.24, 2.45) is 0 Å². The van der Waals surface area contributed by atoms with Crippen molar-refractivity contribution in [3.63, 3.8) is 0 Å². The lowest BCUT2D eigenvalue weighted by Crippen LogP contribution is -2.52. The summed E-state index contributed by atoms with van der Waals surface area (Å²) in [5.41, 5.74) is 0.117. The Bertz CT molecular complexity index is 479. The van der Waals surface area contributed by atoms with Gasteiger partial charge in [-0.15, -0.1) is 0 Å². The first kappa shape index (κ1) is 15.4. The molecule has 0 aromatic heterocycles. The van der Waals surface area contributed by atoms with Crippen LogP contribution in [0.3, 0.4) is 0 Å². The number of rotatable bonds is 3. The van der Waals surface area contributed by atoms with Gasteiger partial charge in [-0.05, 0) is 38.5 Å². The number of benzene rings is 1. The summed E-state index contributed by atoms with van der Waals surface area (Å²) >= 11 is 0. The fraction of sp³-hybridized carbons (Fsp3) is 0.600. The molecule has 0 radical (unpaired) electrons. The maximum Gasteiger partial charge on any atom is 0.159 e. The van der Waals surface area contributed by atoms with E-state index < -0.39 is 17.7 Å². The zero-order valence-electron chi connectivity index (χ0n) is 12.1. The van der Waals surface area contributed by atoms with E-state index in [0.717, 1.165) is 12.1 Å². The predicted octanol–water partition coefficient (Wildman–Crippen LogP) is 2.50. The van der Waals surface area contributed by atoms with Gasteiger partial charge in [-0.1, -0.05) is 6.07 Å². The fourth-order valence-corrected chi connectivity index (χ4v) is 2.79. The van der Waals surface area contributed by atoms with E-state index >= 15 is 0 Å². The molecule has 2 rings (SSSR count). The standard InChI is InChI=1S/C15H21F2NO2/c1-10-7-18(9-15(2,3)20-10)8-14(19)11-4-5-12(16)13(17)6-11/h4-6,10,14,19H,7-9H2,1-3H3. The molecule has 1 aliphatic rings. The molecule has 1 aromatic rings. The van der Waals surface area contributed by atoms with Gasteiger partial charge in [0.15, 0.2) is 11.6 Å². The smallest absolute Gasteiger partial charge is 0.159 e. The molecular weight excluding hydrogens is 264 g/mol. The van der Waals surface area contributed by atoms with Crippen LogP contribution >= 0.6 is 0 Å². The number of hydrogen-bond acceptors (Lipinski definition) is 3. The van der Waals surface area contributed by atoms with Gasteiger partial charge in [0, 0.05) is 19.6 Å². The summed E-state index contributed by atoms with van der Waals surface area (Å²) in [6.45, 7) is 7.77. The summed E-state index contributed by atoms with van der Waals surface area (Å²) in [7, 11) is 0. The second-order valence-electron chi connectivity index (χ2n) is 6.07. The first-order chi connectivity index (χ1) is 9.27. The van der Waals surface area contributed by atoms with Crippen LogP contribution in [0.1, 0.15) is 32.4 Å². The number of ether oxygens (including phenoxy) is 1. The van der Waals surface area contributed by atoms with Gasteiger partial charge in [0.05, 0.1) is 17.8 Å². The molecule has 0 saturated carbocycles. The Balaban J connectivity index is 2.03. The summed E-state index contributed by atoms with van der Waals surface area (Å²) in [6.07, 6.45) is -0.762. The van der Waals surface area contributed by atoms with E-state index in [-0.39, 0.29) is 11.7 Å². The number of hydrogen-bond donors (Lipinski definition) is 1. The lowest BCUT2D eigenvalue weighted by molar-refractivity contribution is -0.133. The molecule has 1 aliphatic heterocycles. The minimum atomic E-state index is -0.933. The first-order valence-electron chi connectivity index (χ1n) is 6.80. The second-order valence-corrected chi connectivity index (χ2v) is 6.07. The molecule has 3 nitrogen and oxygen atoms in total. The Kier molecular flexibility index (Phi) is 4.42. The van der Waals surface area contributed by atoms with Crippen LogP contribution in [0.15, 0.2) is 18.2 Å². The van der Waals surface area contributed by atoms with Crippen molar-refractivity contribution >= 4 is 0 Å². The molecule has 0 aliphatic carbocycles. The van der Waals surface area contributed by atoms with Crippen LogP contribution in [0.5, 0.6) is 0 Å². The van der Waals surface area contributed by atoms with Crippen LogP contribution in [-0.2, 0) is 4.74 Å². The minimum absolute atomic E-state index is 0.0795. The highest BCUT2D eigenvalue weighted by molar-refractivity contribution is 5.20. The van der Waals surface area contributed by atoms with Crippen LogP contribution < -0.4 is 0 Å². The van der Waals surface area contributed by atoms with Gasteiger partial charge in [-0.2, -0.15) is 0 Å². The molecular formula is C15H21F2NO2. The Labute approximate surface area is 118 Å². The number of nitrogens with zero attached hydrogens (tertiary/aromatic N) is 1. The molecule has 2 unspecified atom stereocenters. The average molecular weight is 285 g/mol. The van der Waals surface area contributed by atoms with E-state index in [4.69, 9.17) is 4.74 Å². The van der Waals surface area contributed by atoms with Crippen LogP contribution in [0, 0.1) is 11.6 Å². The van der Waals surface area contributed by atoms with Gasteiger partial charge in [0.1, 0.15) is 0 Å². The Morgan fingerprint density at radius 3 is 2.70 bits per heavy atom. The van der Waals surface area contributed by atoms with Crippen LogP contribution in [0.4, 0.5) is 8.78 Å². The van der Waals surface area contributed by atoms with Gasteiger partial charge in [-0.3, -0.25) is 4.90 Å². The van der Waals surface area contributed by atoms with Crippen molar-refractivity contribution in [3.8, 4) is 0 Å². The summed E-state index contributed by atoms with van der Waals surface area (Å²) < 4.78 is 31.9. The van der Waals surface area contributed by atoms with Crippen LogP contribution in [0.2, 0.25) is 0 Å². The van der Waals surface area contributed by atoms with Crippen molar-refractivity contribution in [2.45, 2.75) is 38.6 Å². The minimum Gasteiger partial charge on any atom is -0.387 e. The lowest BCUT2D eigenvalue weighted by atomic mass is 10.0. The van der Waals surface area contributed by atoms with Gasteiger partial charge in [0.25, 0.3) is 0 Å². The molecule has 0 amide bonds. The molecule has 1 saturated heterocycles. The highest BCUT2D eigenvalue weighted by atomic mass is 19.2. The Hall–Kier alpha value is -1.04. The predicted molar refractivity (Wildman–Crippen MR) is 72.4 cm³/mol. The van der Waals surface area contributed by atoms with E-state index in [2.05, 4.69) is 4.90 Å². The van der Waals surface area contributed by atoms with Gasteiger partial charge >= 0.3 is 0 Å². The highest BCUT2D eigenvalue weighted by Crippen LogP contribution is 2.24. The zero-order valence-corrected chi connectivity index (χ0v) is 12.1. The fourth-order valence-electron chi connectivity index (χ4n) is 2.79. The monoisotopic (exact) mass is 285 g/mol. The summed E-state index contributed by atoms with van der Waals surface area (Å²) in [6, 6.07) is 3.51. The quantitative estimate of drug-likeness (QED) is 0.926. The second kappa shape index (κ2) is 5.76. The van der Waals surface area contributed by atoms with Crippen LogP contribution in [0.25, 0.3) is 0 Å². The molecule has 0 bridgehead atoms. The first-order valence-corrected chi connectivity index (χ1v) is 6.80. The van der Waals surface area contributed by atoms with E-state index in [9.17, 15) is 13.9 Å². The number of halogens is 2. The molecule has 1 N–H and O–H groups in total. The van der Waals surface area contributed by atoms with Crippen molar-refractivity contribution < 1.29 is 18.6 Å². The zero-order chi connectivity index (χ0) is 14.9. The van der Waals surface area contributed by atoms with Gasteiger partial charge < -0.3 is 9.84 Å². The average Bonchev–Trinajstić information content (AvgIpc) is 2.29. The Morgan fingerprint density at radius 1 is 1.40 bits per heavy atom. The topological polar surface area (TPSA) is 32.7 Å². The highest BCUT2D eigenvalue weighted by Gasteiger charge is 2.32. The third-order valence-electron chi connectivity index (χ3n) is 3.40. The largest absolute Gasteiger partial charge is 0.387 e. The molecule has 5 heteroatoms. The maximum absolute atomic E-state index is 13.2.